The number of halogens is 1. The minimum absolute atomic E-state index is 0.0662. The molecular weight excluding hydrogens is 500 g/mol. The van der Waals surface area contributed by atoms with Gasteiger partial charge in [0.2, 0.25) is 5.91 Å². The van der Waals surface area contributed by atoms with E-state index in [-0.39, 0.29) is 23.8 Å². The van der Waals surface area contributed by atoms with Gasteiger partial charge in [-0.15, -0.1) is 0 Å². The van der Waals surface area contributed by atoms with Crippen molar-refractivity contribution in [3.05, 3.63) is 94.5 Å². The number of para-hydroxylation sites is 1. The second-order valence-corrected chi connectivity index (χ2v) is 10.1. The highest BCUT2D eigenvalue weighted by Gasteiger charge is 2.32. The van der Waals surface area contributed by atoms with Gasteiger partial charge in [-0.05, 0) is 60.9 Å². The van der Waals surface area contributed by atoms with Crippen LogP contribution in [0.15, 0.2) is 72.8 Å². The molecule has 1 fully saturated rings. The van der Waals surface area contributed by atoms with Crippen molar-refractivity contribution in [1.29, 1.82) is 0 Å². The normalized spacial score (nSPS) is 17.9. The van der Waals surface area contributed by atoms with Crippen molar-refractivity contribution in [3.8, 4) is 0 Å². The molecule has 0 saturated carbocycles. The Kier molecular flexibility index (Phi) is 7.77. The summed E-state index contributed by atoms with van der Waals surface area (Å²) < 4.78 is 0. The maximum Gasteiger partial charge on any atom is 0.258 e. The molecule has 2 aliphatic rings. The average Bonchev–Trinajstić information content (AvgIpc) is 3.13. The summed E-state index contributed by atoms with van der Waals surface area (Å²) in [5, 5.41) is 3.23. The van der Waals surface area contributed by atoms with E-state index in [2.05, 4.69) is 16.3 Å². The smallest absolute Gasteiger partial charge is 0.258 e. The number of nitrogens with one attached hydrogen (secondary N) is 1. The Labute approximate surface area is 228 Å². The van der Waals surface area contributed by atoms with Gasteiger partial charge in [-0.25, -0.2) is 0 Å². The molecule has 5 rings (SSSR count). The van der Waals surface area contributed by atoms with Gasteiger partial charge in [0.25, 0.3) is 11.8 Å². The maximum absolute atomic E-state index is 13.7. The minimum atomic E-state index is -0.300. The lowest BCUT2D eigenvalue weighted by Gasteiger charge is -2.39. The number of carbonyl (C=O) groups is 3. The van der Waals surface area contributed by atoms with Gasteiger partial charge < -0.3 is 15.1 Å². The van der Waals surface area contributed by atoms with E-state index in [1.807, 2.05) is 28.0 Å². The summed E-state index contributed by atoms with van der Waals surface area (Å²) >= 11 is 6.14. The molecule has 0 aliphatic carbocycles. The van der Waals surface area contributed by atoms with Crippen LogP contribution >= 0.6 is 11.6 Å². The Bertz CT molecular complexity index is 1340. The van der Waals surface area contributed by atoms with Crippen molar-refractivity contribution in [2.45, 2.75) is 25.8 Å². The van der Waals surface area contributed by atoms with E-state index in [1.54, 1.807) is 55.5 Å². The van der Waals surface area contributed by atoms with Crippen LogP contribution < -0.4 is 10.2 Å². The Morgan fingerprint density at radius 2 is 1.53 bits per heavy atom. The van der Waals surface area contributed by atoms with Crippen LogP contribution in [0, 0.1) is 0 Å². The lowest BCUT2D eigenvalue weighted by atomic mass is 9.99. The number of amides is 3. The zero-order chi connectivity index (χ0) is 26.6. The van der Waals surface area contributed by atoms with Gasteiger partial charge in [-0.3, -0.25) is 19.3 Å². The van der Waals surface area contributed by atoms with Gasteiger partial charge >= 0.3 is 0 Å². The van der Waals surface area contributed by atoms with Crippen LogP contribution in [0.5, 0.6) is 0 Å². The predicted molar refractivity (Wildman–Crippen MR) is 150 cm³/mol. The maximum atomic E-state index is 13.7. The Morgan fingerprint density at radius 3 is 2.24 bits per heavy atom. The SMILES string of the molecule is CC(=O)N1CCN(C2CCCN(C(=O)c3ccc(NC(=O)c4ccccc4Cl)cc3)c3ccccc32)CC1. The topological polar surface area (TPSA) is 73.0 Å². The summed E-state index contributed by atoms with van der Waals surface area (Å²) in [6.45, 7) is 5.37. The molecule has 1 unspecified atom stereocenters. The van der Waals surface area contributed by atoms with Gasteiger partial charge in [0.05, 0.1) is 10.6 Å². The molecule has 7 nitrogen and oxygen atoms in total. The van der Waals surface area contributed by atoms with Gasteiger partial charge in [-0.1, -0.05) is 41.9 Å². The molecule has 1 N–H and O–H groups in total. The van der Waals surface area contributed by atoms with E-state index in [9.17, 15) is 14.4 Å². The largest absolute Gasteiger partial charge is 0.340 e. The number of benzene rings is 3. The molecule has 196 valence electrons. The quantitative estimate of drug-likeness (QED) is 0.501. The number of piperazine rings is 1. The second kappa shape index (κ2) is 11.4. The number of nitrogens with zero attached hydrogens (tertiary/aromatic N) is 3. The third-order valence-electron chi connectivity index (χ3n) is 7.40. The van der Waals surface area contributed by atoms with E-state index >= 15 is 0 Å². The van der Waals surface area contributed by atoms with Crippen molar-refractivity contribution < 1.29 is 14.4 Å². The molecule has 0 spiro atoms. The summed E-state index contributed by atoms with van der Waals surface area (Å²) in [6.07, 6.45) is 1.83. The van der Waals surface area contributed by atoms with Gasteiger partial charge in [-0.2, -0.15) is 0 Å². The highest BCUT2D eigenvalue weighted by Crippen LogP contribution is 2.37. The first-order valence-electron chi connectivity index (χ1n) is 13.0. The first-order valence-corrected chi connectivity index (χ1v) is 13.4. The Hall–Kier alpha value is -3.68. The summed E-state index contributed by atoms with van der Waals surface area (Å²) in [6, 6.07) is 22.2. The monoisotopic (exact) mass is 530 g/mol. The first-order chi connectivity index (χ1) is 18.4. The third kappa shape index (κ3) is 5.44. The molecule has 0 radical (unpaired) electrons. The van der Waals surface area contributed by atoms with Gasteiger partial charge in [0, 0.05) is 62.6 Å². The Morgan fingerprint density at radius 1 is 0.842 bits per heavy atom. The molecule has 38 heavy (non-hydrogen) atoms. The van der Waals surface area contributed by atoms with Crippen LogP contribution in [0.2, 0.25) is 5.02 Å². The van der Waals surface area contributed by atoms with E-state index in [4.69, 9.17) is 11.6 Å². The van der Waals surface area contributed by atoms with Crippen LogP contribution in [0.4, 0.5) is 11.4 Å². The number of rotatable bonds is 4. The summed E-state index contributed by atoms with van der Waals surface area (Å²) in [5.41, 5.74) is 3.63. The average molecular weight is 531 g/mol. The molecule has 3 aromatic carbocycles. The number of carbonyl (C=O) groups excluding carboxylic acids is 3. The van der Waals surface area contributed by atoms with Crippen LogP contribution in [0.3, 0.4) is 0 Å². The zero-order valence-electron chi connectivity index (χ0n) is 21.4. The van der Waals surface area contributed by atoms with Gasteiger partial charge in [0.1, 0.15) is 0 Å². The van der Waals surface area contributed by atoms with E-state index < -0.39 is 0 Å². The highest BCUT2D eigenvalue weighted by atomic mass is 35.5. The summed E-state index contributed by atoms with van der Waals surface area (Å²) in [5.74, 6) is -0.244. The van der Waals surface area contributed by atoms with Crippen molar-refractivity contribution in [2.75, 3.05) is 42.9 Å². The third-order valence-corrected chi connectivity index (χ3v) is 7.73. The fourth-order valence-corrected chi connectivity index (χ4v) is 5.59. The fourth-order valence-electron chi connectivity index (χ4n) is 5.37. The Balaban J connectivity index is 1.32. The van der Waals surface area contributed by atoms with Crippen molar-refractivity contribution >= 4 is 40.7 Å². The molecule has 0 aromatic heterocycles. The van der Waals surface area contributed by atoms with E-state index in [0.717, 1.165) is 50.3 Å². The fraction of sp³-hybridized carbons (Fsp3) is 0.300. The van der Waals surface area contributed by atoms with Crippen LogP contribution in [-0.4, -0.2) is 60.2 Å². The molecule has 2 heterocycles. The van der Waals surface area contributed by atoms with Crippen molar-refractivity contribution in [3.63, 3.8) is 0 Å². The molecule has 0 bridgehead atoms. The molecular formula is C30H31ClN4O3. The molecule has 3 aromatic rings. The second-order valence-electron chi connectivity index (χ2n) is 9.73. The zero-order valence-corrected chi connectivity index (χ0v) is 22.2. The van der Waals surface area contributed by atoms with E-state index in [0.29, 0.717) is 28.4 Å². The van der Waals surface area contributed by atoms with E-state index in [1.165, 1.54) is 0 Å². The summed E-state index contributed by atoms with van der Waals surface area (Å²) in [7, 11) is 0. The molecule has 1 atom stereocenters. The lowest BCUT2D eigenvalue weighted by Crippen LogP contribution is -2.49. The van der Waals surface area contributed by atoms with Gasteiger partial charge in [0.15, 0.2) is 0 Å². The predicted octanol–water partition coefficient (Wildman–Crippen LogP) is 5.24. The van der Waals surface area contributed by atoms with Crippen molar-refractivity contribution in [2.24, 2.45) is 0 Å². The highest BCUT2D eigenvalue weighted by molar-refractivity contribution is 6.34. The number of fused-ring (bicyclic) bond motifs is 1. The number of anilines is 2. The minimum Gasteiger partial charge on any atom is -0.340 e. The van der Waals surface area contributed by atoms with Crippen molar-refractivity contribution in [1.82, 2.24) is 9.80 Å². The summed E-state index contributed by atoms with van der Waals surface area (Å²) in [4.78, 5) is 44.3. The molecule has 3 amide bonds. The van der Waals surface area contributed by atoms with Crippen LogP contribution in [0.25, 0.3) is 0 Å². The lowest BCUT2D eigenvalue weighted by molar-refractivity contribution is -0.130. The number of hydrogen-bond acceptors (Lipinski definition) is 4. The number of hydrogen-bond donors (Lipinski definition) is 1. The molecule has 2 aliphatic heterocycles. The molecule has 1 saturated heterocycles. The standard InChI is InChI=1S/C30H31ClN4O3/c1-21(36)33-17-19-34(20-18-33)27-11-6-16-35(28-10-5-3-8-25(27)28)30(38)22-12-14-23(15-13-22)32-29(37)24-7-2-4-9-26(24)31/h2-5,7-10,12-15,27H,6,11,16-20H2,1H3,(H,32,37). The first kappa shape index (κ1) is 25.9. The van der Waals surface area contributed by atoms with Crippen LogP contribution in [0.1, 0.15) is 52.1 Å². The van der Waals surface area contributed by atoms with Crippen LogP contribution in [-0.2, 0) is 4.79 Å². The molecule has 8 heteroatoms.